The maximum absolute atomic E-state index is 5.25. The van der Waals surface area contributed by atoms with Gasteiger partial charge in [-0.1, -0.05) is 25.1 Å². The lowest BCUT2D eigenvalue weighted by molar-refractivity contribution is 0.164. The van der Waals surface area contributed by atoms with Gasteiger partial charge in [0.2, 0.25) is 0 Å². The standard InChI is InChI=1S/C17H23NO2/c1-4-16(12-19-2)18-11-13-5-6-15-10-17(20-3)8-7-14(15)9-13/h5-10,16,18H,4,11-12H2,1-3H3. The highest BCUT2D eigenvalue weighted by Crippen LogP contribution is 2.21. The monoisotopic (exact) mass is 273 g/mol. The van der Waals surface area contributed by atoms with Gasteiger partial charge in [-0.3, -0.25) is 0 Å². The molecule has 1 N–H and O–H groups in total. The van der Waals surface area contributed by atoms with Crippen LogP contribution in [0.15, 0.2) is 36.4 Å². The van der Waals surface area contributed by atoms with Crippen LogP contribution in [0.25, 0.3) is 10.8 Å². The van der Waals surface area contributed by atoms with Gasteiger partial charge >= 0.3 is 0 Å². The molecule has 0 bridgehead atoms. The third-order valence-electron chi connectivity index (χ3n) is 3.57. The van der Waals surface area contributed by atoms with Crippen molar-refractivity contribution in [2.24, 2.45) is 0 Å². The predicted molar refractivity (Wildman–Crippen MR) is 83.3 cm³/mol. The molecule has 20 heavy (non-hydrogen) atoms. The van der Waals surface area contributed by atoms with Crippen LogP contribution in [-0.2, 0) is 11.3 Å². The van der Waals surface area contributed by atoms with Crippen molar-refractivity contribution >= 4 is 10.8 Å². The van der Waals surface area contributed by atoms with Crippen LogP contribution in [0.2, 0.25) is 0 Å². The fourth-order valence-corrected chi connectivity index (χ4v) is 2.29. The molecule has 3 heteroatoms. The zero-order chi connectivity index (χ0) is 14.4. The highest BCUT2D eigenvalue weighted by Gasteiger charge is 2.05. The molecule has 0 amide bonds. The zero-order valence-electron chi connectivity index (χ0n) is 12.5. The Bertz CT molecular complexity index is 554. The summed E-state index contributed by atoms with van der Waals surface area (Å²) in [5, 5.41) is 5.97. The second-order valence-corrected chi connectivity index (χ2v) is 4.99. The van der Waals surface area contributed by atoms with E-state index in [2.05, 4.69) is 42.6 Å². The number of methoxy groups -OCH3 is 2. The van der Waals surface area contributed by atoms with Gasteiger partial charge in [0, 0.05) is 19.7 Å². The second-order valence-electron chi connectivity index (χ2n) is 4.99. The summed E-state index contributed by atoms with van der Waals surface area (Å²) in [5.74, 6) is 0.898. The summed E-state index contributed by atoms with van der Waals surface area (Å²) in [6.45, 7) is 3.79. The van der Waals surface area contributed by atoms with Gasteiger partial charge in [0.25, 0.3) is 0 Å². The van der Waals surface area contributed by atoms with Gasteiger partial charge in [0.1, 0.15) is 5.75 Å². The third kappa shape index (κ3) is 3.71. The van der Waals surface area contributed by atoms with E-state index in [1.54, 1.807) is 14.2 Å². The fraction of sp³-hybridized carbons (Fsp3) is 0.412. The van der Waals surface area contributed by atoms with Crippen LogP contribution in [0, 0.1) is 0 Å². The van der Waals surface area contributed by atoms with Crippen molar-refractivity contribution in [2.75, 3.05) is 20.8 Å². The van der Waals surface area contributed by atoms with Crippen LogP contribution in [0.3, 0.4) is 0 Å². The lowest BCUT2D eigenvalue weighted by Gasteiger charge is -2.16. The molecule has 1 atom stereocenters. The number of rotatable bonds is 7. The molecule has 2 aromatic carbocycles. The molecular weight excluding hydrogens is 250 g/mol. The second kappa shape index (κ2) is 7.27. The van der Waals surface area contributed by atoms with E-state index >= 15 is 0 Å². The van der Waals surface area contributed by atoms with Crippen molar-refractivity contribution in [3.63, 3.8) is 0 Å². The normalized spacial score (nSPS) is 12.6. The van der Waals surface area contributed by atoms with E-state index in [1.807, 2.05) is 6.07 Å². The van der Waals surface area contributed by atoms with Crippen LogP contribution in [0.4, 0.5) is 0 Å². The number of fused-ring (bicyclic) bond motifs is 1. The first-order chi connectivity index (χ1) is 9.76. The molecule has 0 spiro atoms. The SMILES string of the molecule is CCC(COC)NCc1ccc2cc(OC)ccc2c1. The van der Waals surface area contributed by atoms with Gasteiger partial charge in [-0.25, -0.2) is 0 Å². The summed E-state index contributed by atoms with van der Waals surface area (Å²) in [4.78, 5) is 0. The maximum atomic E-state index is 5.25. The summed E-state index contributed by atoms with van der Waals surface area (Å²) in [5.41, 5.74) is 1.29. The minimum Gasteiger partial charge on any atom is -0.497 e. The third-order valence-corrected chi connectivity index (χ3v) is 3.57. The zero-order valence-corrected chi connectivity index (χ0v) is 12.5. The summed E-state index contributed by atoms with van der Waals surface area (Å²) in [6, 6.07) is 13.1. The Morgan fingerprint density at radius 3 is 2.50 bits per heavy atom. The average molecular weight is 273 g/mol. The number of hydrogen-bond acceptors (Lipinski definition) is 3. The van der Waals surface area contributed by atoms with E-state index in [9.17, 15) is 0 Å². The van der Waals surface area contributed by atoms with E-state index in [0.29, 0.717) is 6.04 Å². The van der Waals surface area contributed by atoms with Gasteiger partial charge in [0.05, 0.1) is 13.7 Å². The van der Waals surface area contributed by atoms with E-state index in [0.717, 1.165) is 25.3 Å². The number of hydrogen-bond donors (Lipinski definition) is 1. The first kappa shape index (κ1) is 14.8. The van der Waals surface area contributed by atoms with Crippen molar-refractivity contribution in [1.29, 1.82) is 0 Å². The number of nitrogens with one attached hydrogen (secondary N) is 1. The van der Waals surface area contributed by atoms with E-state index in [1.165, 1.54) is 16.3 Å². The Balaban J connectivity index is 2.08. The van der Waals surface area contributed by atoms with Crippen molar-refractivity contribution in [3.8, 4) is 5.75 Å². The van der Waals surface area contributed by atoms with E-state index < -0.39 is 0 Å². The molecule has 2 aromatic rings. The highest BCUT2D eigenvalue weighted by molar-refractivity contribution is 5.84. The van der Waals surface area contributed by atoms with Gasteiger partial charge in [-0.2, -0.15) is 0 Å². The van der Waals surface area contributed by atoms with Gasteiger partial charge < -0.3 is 14.8 Å². The molecule has 2 rings (SSSR count). The van der Waals surface area contributed by atoms with Crippen molar-refractivity contribution < 1.29 is 9.47 Å². The van der Waals surface area contributed by atoms with Crippen molar-refractivity contribution in [2.45, 2.75) is 25.9 Å². The minimum absolute atomic E-state index is 0.409. The number of benzene rings is 2. The predicted octanol–water partition coefficient (Wildman–Crippen LogP) is 3.36. The molecular formula is C17H23NO2. The largest absolute Gasteiger partial charge is 0.497 e. The van der Waals surface area contributed by atoms with E-state index in [4.69, 9.17) is 9.47 Å². The first-order valence-corrected chi connectivity index (χ1v) is 7.05. The van der Waals surface area contributed by atoms with Crippen LogP contribution in [-0.4, -0.2) is 26.9 Å². The van der Waals surface area contributed by atoms with Crippen LogP contribution in [0.1, 0.15) is 18.9 Å². The summed E-state index contributed by atoms with van der Waals surface area (Å²) in [6.07, 6.45) is 1.07. The van der Waals surface area contributed by atoms with Gasteiger partial charge in [-0.05, 0) is 41.0 Å². The van der Waals surface area contributed by atoms with E-state index in [-0.39, 0.29) is 0 Å². The topological polar surface area (TPSA) is 30.5 Å². The Hall–Kier alpha value is -1.58. The molecule has 0 aliphatic rings. The molecule has 0 saturated carbocycles. The van der Waals surface area contributed by atoms with Crippen LogP contribution < -0.4 is 10.1 Å². The van der Waals surface area contributed by atoms with Crippen LogP contribution in [0.5, 0.6) is 5.75 Å². The molecule has 1 unspecified atom stereocenters. The molecule has 0 heterocycles. The molecule has 0 fully saturated rings. The lowest BCUT2D eigenvalue weighted by Crippen LogP contribution is -2.31. The number of ether oxygens (including phenoxy) is 2. The molecule has 0 aliphatic heterocycles. The molecule has 108 valence electrons. The van der Waals surface area contributed by atoms with Gasteiger partial charge in [-0.15, -0.1) is 0 Å². The average Bonchev–Trinajstić information content (AvgIpc) is 2.50. The molecule has 0 aromatic heterocycles. The smallest absolute Gasteiger partial charge is 0.119 e. The maximum Gasteiger partial charge on any atom is 0.119 e. The lowest BCUT2D eigenvalue weighted by atomic mass is 10.1. The minimum atomic E-state index is 0.409. The van der Waals surface area contributed by atoms with Crippen molar-refractivity contribution in [3.05, 3.63) is 42.0 Å². The quantitative estimate of drug-likeness (QED) is 0.839. The summed E-state index contributed by atoms with van der Waals surface area (Å²) in [7, 11) is 3.44. The Morgan fingerprint density at radius 1 is 1.05 bits per heavy atom. The fourth-order valence-electron chi connectivity index (χ4n) is 2.29. The molecule has 0 aliphatic carbocycles. The Labute approximate surface area is 120 Å². The highest BCUT2D eigenvalue weighted by atomic mass is 16.5. The van der Waals surface area contributed by atoms with Gasteiger partial charge in [0.15, 0.2) is 0 Å². The Kier molecular flexibility index (Phi) is 5.39. The van der Waals surface area contributed by atoms with Crippen LogP contribution >= 0.6 is 0 Å². The molecule has 3 nitrogen and oxygen atoms in total. The Morgan fingerprint density at radius 2 is 1.80 bits per heavy atom. The summed E-state index contributed by atoms with van der Waals surface area (Å²) >= 11 is 0. The summed E-state index contributed by atoms with van der Waals surface area (Å²) < 4.78 is 10.4. The molecule has 0 saturated heterocycles. The molecule has 0 radical (unpaired) electrons. The first-order valence-electron chi connectivity index (χ1n) is 7.05. The van der Waals surface area contributed by atoms with Crippen molar-refractivity contribution in [1.82, 2.24) is 5.32 Å².